The lowest BCUT2D eigenvalue weighted by Crippen LogP contribution is -2.56. The molecule has 0 aromatic heterocycles. The second kappa shape index (κ2) is 4.52. The molecule has 3 nitrogen and oxygen atoms in total. The average molecular weight is 213 g/mol. The molecule has 0 aromatic carbocycles. The van der Waals surface area contributed by atoms with Gasteiger partial charge in [-0.25, -0.2) is 0 Å². The maximum atomic E-state index is 10.7. The number of rotatable bonds is 4. The van der Waals surface area contributed by atoms with Crippen molar-refractivity contribution in [2.75, 3.05) is 13.1 Å². The van der Waals surface area contributed by atoms with Gasteiger partial charge in [0.2, 0.25) is 0 Å². The van der Waals surface area contributed by atoms with Gasteiger partial charge in [-0.1, -0.05) is 27.7 Å². The Balaban J connectivity index is 2.39. The van der Waals surface area contributed by atoms with Gasteiger partial charge in [0.15, 0.2) is 0 Å². The Morgan fingerprint density at radius 2 is 2.00 bits per heavy atom. The van der Waals surface area contributed by atoms with Crippen molar-refractivity contribution >= 4 is 5.97 Å². The summed E-state index contributed by atoms with van der Waals surface area (Å²) in [6.45, 7) is 11.0. The highest BCUT2D eigenvalue weighted by Gasteiger charge is 2.38. The quantitative estimate of drug-likeness (QED) is 0.778. The molecule has 0 saturated carbocycles. The van der Waals surface area contributed by atoms with E-state index < -0.39 is 5.97 Å². The minimum Gasteiger partial charge on any atom is -0.481 e. The summed E-state index contributed by atoms with van der Waals surface area (Å²) in [6, 6.07) is 0.237. The molecular formula is C12H23NO2. The summed E-state index contributed by atoms with van der Waals surface area (Å²) in [7, 11) is 0. The number of hydrogen-bond acceptors (Lipinski definition) is 2. The van der Waals surface area contributed by atoms with E-state index in [0.717, 1.165) is 25.4 Å². The van der Waals surface area contributed by atoms with Gasteiger partial charge in [0.25, 0.3) is 0 Å². The maximum Gasteiger partial charge on any atom is 0.304 e. The van der Waals surface area contributed by atoms with Crippen LogP contribution in [0.1, 0.15) is 40.5 Å². The van der Waals surface area contributed by atoms with Crippen LogP contribution in [-0.4, -0.2) is 35.1 Å². The molecule has 0 bridgehead atoms. The van der Waals surface area contributed by atoms with Crippen molar-refractivity contribution in [3.8, 4) is 0 Å². The van der Waals surface area contributed by atoms with E-state index in [0.29, 0.717) is 5.41 Å². The maximum absolute atomic E-state index is 10.7. The number of hydrogen-bond donors (Lipinski definition) is 1. The fraction of sp³-hybridized carbons (Fsp3) is 0.917. The van der Waals surface area contributed by atoms with Crippen LogP contribution in [0.4, 0.5) is 0 Å². The molecule has 1 aliphatic heterocycles. The molecule has 1 rings (SSSR count). The first-order valence-electron chi connectivity index (χ1n) is 5.80. The molecule has 1 unspecified atom stereocenters. The molecule has 0 radical (unpaired) electrons. The molecule has 0 aromatic rings. The Morgan fingerprint density at radius 1 is 1.47 bits per heavy atom. The van der Waals surface area contributed by atoms with Crippen molar-refractivity contribution in [3.63, 3.8) is 0 Å². The molecule has 1 atom stereocenters. The van der Waals surface area contributed by atoms with Crippen LogP contribution in [0.25, 0.3) is 0 Å². The van der Waals surface area contributed by atoms with Gasteiger partial charge in [-0.3, -0.25) is 9.69 Å². The summed E-state index contributed by atoms with van der Waals surface area (Å²) in [5.41, 5.74) is 0.359. The molecule has 0 aliphatic carbocycles. The summed E-state index contributed by atoms with van der Waals surface area (Å²) in [5, 5.41) is 8.78. The molecule has 1 saturated heterocycles. The van der Waals surface area contributed by atoms with Gasteiger partial charge in [-0.05, 0) is 17.8 Å². The van der Waals surface area contributed by atoms with Crippen molar-refractivity contribution in [2.24, 2.45) is 11.3 Å². The molecule has 3 heteroatoms. The summed E-state index contributed by atoms with van der Waals surface area (Å²) in [5.74, 6) is 0.0430. The van der Waals surface area contributed by atoms with E-state index in [1.807, 2.05) is 0 Å². The standard InChI is InChI=1S/C12H23NO2/c1-5-10(6-11(14)15)13-7-9(8-13)12(2,3)4/h9-10H,5-8H2,1-4H3,(H,14,15). The molecule has 1 heterocycles. The molecule has 1 N–H and O–H groups in total. The number of likely N-dealkylation sites (tertiary alicyclic amines) is 1. The normalized spacial score (nSPS) is 21.1. The largest absolute Gasteiger partial charge is 0.481 e. The fourth-order valence-electron chi connectivity index (χ4n) is 2.09. The van der Waals surface area contributed by atoms with Crippen LogP contribution in [0.3, 0.4) is 0 Å². The van der Waals surface area contributed by atoms with E-state index >= 15 is 0 Å². The van der Waals surface area contributed by atoms with Crippen molar-refractivity contribution in [1.82, 2.24) is 4.90 Å². The van der Waals surface area contributed by atoms with E-state index in [4.69, 9.17) is 5.11 Å². The SMILES string of the molecule is CCC(CC(=O)O)N1CC(C(C)(C)C)C1. The molecule has 1 aliphatic rings. The van der Waals surface area contributed by atoms with E-state index in [9.17, 15) is 4.79 Å². The Labute approximate surface area is 92.5 Å². The van der Waals surface area contributed by atoms with Crippen LogP contribution < -0.4 is 0 Å². The van der Waals surface area contributed by atoms with Gasteiger partial charge in [0, 0.05) is 19.1 Å². The molecule has 0 spiro atoms. The van der Waals surface area contributed by atoms with E-state index in [1.54, 1.807) is 0 Å². The fourth-order valence-corrected chi connectivity index (χ4v) is 2.09. The lowest BCUT2D eigenvalue weighted by molar-refractivity contribution is -0.139. The lowest BCUT2D eigenvalue weighted by Gasteiger charge is -2.49. The highest BCUT2D eigenvalue weighted by atomic mass is 16.4. The van der Waals surface area contributed by atoms with Crippen molar-refractivity contribution in [1.29, 1.82) is 0 Å². The predicted octanol–water partition coefficient (Wildman–Crippen LogP) is 2.22. The van der Waals surface area contributed by atoms with Crippen molar-refractivity contribution < 1.29 is 9.90 Å². The zero-order valence-electron chi connectivity index (χ0n) is 10.3. The summed E-state index contributed by atoms with van der Waals surface area (Å²) in [4.78, 5) is 13.0. The molecule has 0 amide bonds. The van der Waals surface area contributed by atoms with Crippen LogP contribution in [0, 0.1) is 11.3 Å². The topological polar surface area (TPSA) is 40.5 Å². The minimum absolute atomic E-state index is 0.237. The second-order valence-corrected chi connectivity index (χ2v) is 5.68. The van der Waals surface area contributed by atoms with Gasteiger partial charge >= 0.3 is 5.97 Å². The molecule has 15 heavy (non-hydrogen) atoms. The van der Waals surface area contributed by atoms with E-state index in [1.165, 1.54) is 0 Å². The Morgan fingerprint density at radius 3 is 2.33 bits per heavy atom. The van der Waals surface area contributed by atoms with Gasteiger partial charge in [0.05, 0.1) is 6.42 Å². The van der Waals surface area contributed by atoms with Crippen molar-refractivity contribution in [2.45, 2.75) is 46.6 Å². The van der Waals surface area contributed by atoms with Crippen LogP contribution in [0.5, 0.6) is 0 Å². The van der Waals surface area contributed by atoms with E-state index in [2.05, 4.69) is 32.6 Å². The third kappa shape index (κ3) is 3.20. The first kappa shape index (κ1) is 12.5. The van der Waals surface area contributed by atoms with Gasteiger partial charge in [-0.15, -0.1) is 0 Å². The smallest absolute Gasteiger partial charge is 0.304 e. The number of aliphatic carboxylic acids is 1. The lowest BCUT2D eigenvalue weighted by atomic mass is 9.75. The Hall–Kier alpha value is -0.570. The van der Waals surface area contributed by atoms with Gasteiger partial charge in [-0.2, -0.15) is 0 Å². The van der Waals surface area contributed by atoms with E-state index in [-0.39, 0.29) is 12.5 Å². The van der Waals surface area contributed by atoms with Crippen LogP contribution in [0.2, 0.25) is 0 Å². The van der Waals surface area contributed by atoms with Gasteiger partial charge < -0.3 is 5.11 Å². The Kier molecular flexibility index (Phi) is 3.77. The second-order valence-electron chi connectivity index (χ2n) is 5.68. The van der Waals surface area contributed by atoms with Crippen LogP contribution in [-0.2, 0) is 4.79 Å². The molecule has 1 fully saturated rings. The van der Waals surface area contributed by atoms with Crippen LogP contribution >= 0.6 is 0 Å². The first-order chi connectivity index (χ1) is 6.84. The monoisotopic (exact) mass is 213 g/mol. The zero-order valence-corrected chi connectivity index (χ0v) is 10.3. The molecular weight excluding hydrogens is 190 g/mol. The zero-order chi connectivity index (χ0) is 11.6. The highest BCUT2D eigenvalue weighted by molar-refractivity contribution is 5.67. The average Bonchev–Trinajstić information content (AvgIpc) is 1.96. The highest BCUT2D eigenvalue weighted by Crippen LogP contribution is 2.35. The number of carboxylic acid groups (broad SMARTS) is 1. The summed E-state index contributed by atoms with van der Waals surface area (Å²) >= 11 is 0. The number of carbonyl (C=O) groups is 1. The van der Waals surface area contributed by atoms with Crippen LogP contribution in [0.15, 0.2) is 0 Å². The number of carboxylic acids is 1. The Bertz CT molecular complexity index is 226. The minimum atomic E-state index is -0.680. The third-order valence-corrected chi connectivity index (χ3v) is 3.53. The third-order valence-electron chi connectivity index (χ3n) is 3.53. The van der Waals surface area contributed by atoms with Crippen molar-refractivity contribution in [3.05, 3.63) is 0 Å². The predicted molar refractivity (Wildman–Crippen MR) is 60.8 cm³/mol. The summed E-state index contributed by atoms with van der Waals surface area (Å²) in [6.07, 6.45) is 1.22. The summed E-state index contributed by atoms with van der Waals surface area (Å²) < 4.78 is 0. The first-order valence-corrected chi connectivity index (χ1v) is 5.80. The van der Waals surface area contributed by atoms with Gasteiger partial charge in [0.1, 0.15) is 0 Å². The number of nitrogens with zero attached hydrogens (tertiary/aromatic N) is 1. The molecule has 88 valence electrons.